The Morgan fingerprint density at radius 2 is 0.608 bits per heavy atom. The number of carbonyl (C=O) groups excluding carboxylic acids is 4. The van der Waals surface area contributed by atoms with Crippen LogP contribution >= 0.6 is 15.6 Å². The summed E-state index contributed by atoms with van der Waals surface area (Å²) in [5.41, 5.74) is 0. The number of esters is 4. The lowest BCUT2D eigenvalue weighted by molar-refractivity contribution is -0.161. The van der Waals surface area contributed by atoms with Crippen molar-refractivity contribution >= 4 is 39.5 Å². The molecule has 6 atom stereocenters. The molecule has 0 aromatic heterocycles. The van der Waals surface area contributed by atoms with Gasteiger partial charge in [0, 0.05) is 25.7 Å². The summed E-state index contributed by atoms with van der Waals surface area (Å²) in [6, 6.07) is 0. The highest BCUT2D eigenvalue weighted by atomic mass is 31.2. The minimum Gasteiger partial charge on any atom is -0.462 e. The third-order valence-electron chi connectivity index (χ3n) is 13.9. The molecule has 0 aromatic rings. The number of hydrogen-bond donors (Lipinski definition) is 3. The molecule has 0 amide bonds. The third-order valence-corrected chi connectivity index (χ3v) is 15.8. The van der Waals surface area contributed by atoms with Crippen LogP contribution in [0.2, 0.25) is 0 Å². The van der Waals surface area contributed by atoms with Crippen LogP contribution in [0.3, 0.4) is 0 Å². The molecule has 17 nitrogen and oxygen atoms in total. The number of hydrogen-bond acceptors (Lipinski definition) is 15. The van der Waals surface area contributed by atoms with E-state index in [-0.39, 0.29) is 25.7 Å². The fourth-order valence-electron chi connectivity index (χ4n) is 8.69. The lowest BCUT2D eigenvalue weighted by Crippen LogP contribution is -2.30. The molecule has 3 unspecified atom stereocenters. The van der Waals surface area contributed by atoms with E-state index in [0.717, 1.165) is 115 Å². The van der Waals surface area contributed by atoms with Gasteiger partial charge in [0.15, 0.2) is 12.2 Å². The van der Waals surface area contributed by atoms with Gasteiger partial charge in [-0.25, -0.2) is 9.13 Å². The smallest absolute Gasteiger partial charge is 0.462 e. The summed E-state index contributed by atoms with van der Waals surface area (Å²) < 4.78 is 67.7. The van der Waals surface area contributed by atoms with E-state index in [4.69, 9.17) is 37.0 Å². The predicted octanol–water partition coefficient (Wildman–Crippen LogP) is 15.8. The highest BCUT2D eigenvalue weighted by Crippen LogP contribution is 2.45. The van der Waals surface area contributed by atoms with Crippen LogP contribution in [-0.2, 0) is 65.4 Å². The van der Waals surface area contributed by atoms with Crippen molar-refractivity contribution in [2.24, 2.45) is 23.7 Å². The molecule has 0 fully saturated rings. The molecular formula is C60H116O17P2. The first kappa shape index (κ1) is 77.1. The van der Waals surface area contributed by atoms with Gasteiger partial charge in [-0.2, -0.15) is 0 Å². The quantitative estimate of drug-likeness (QED) is 0.0222. The first-order chi connectivity index (χ1) is 37.6. The maximum absolute atomic E-state index is 12.9. The normalized spacial score (nSPS) is 14.9. The van der Waals surface area contributed by atoms with E-state index in [1.165, 1.54) is 70.6 Å². The van der Waals surface area contributed by atoms with Crippen molar-refractivity contribution < 1.29 is 80.2 Å². The van der Waals surface area contributed by atoms with Crippen molar-refractivity contribution in [2.45, 2.75) is 298 Å². The maximum Gasteiger partial charge on any atom is 0.472 e. The van der Waals surface area contributed by atoms with E-state index < -0.39 is 97.5 Å². The van der Waals surface area contributed by atoms with E-state index in [9.17, 15) is 43.2 Å². The van der Waals surface area contributed by atoms with Gasteiger partial charge < -0.3 is 33.8 Å². The number of phosphoric ester groups is 2. The zero-order valence-corrected chi connectivity index (χ0v) is 52.8. The molecule has 19 heteroatoms. The lowest BCUT2D eigenvalue weighted by Gasteiger charge is -2.21. The minimum absolute atomic E-state index is 0.100. The van der Waals surface area contributed by atoms with Crippen LogP contribution in [0.5, 0.6) is 0 Å². The predicted molar refractivity (Wildman–Crippen MR) is 312 cm³/mol. The van der Waals surface area contributed by atoms with Crippen molar-refractivity contribution in [3.05, 3.63) is 0 Å². The van der Waals surface area contributed by atoms with Gasteiger partial charge in [-0.15, -0.1) is 0 Å². The molecule has 0 rings (SSSR count). The number of aliphatic hydroxyl groups is 1. The molecule has 0 heterocycles. The van der Waals surface area contributed by atoms with Crippen molar-refractivity contribution in [3.8, 4) is 0 Å². The zero-order chi connectivity index (χ0) is 59.0. The Hall–Kier alpha value is -1.94. The molecule has 0 aliphatic rings. The second-order valence-electron chi connectivity index (χ2n) is 23.4. The second-order valence-corrected chi connectivity index (χ2v) is 26.3. The van der Waals surface area contributed by atoms with Crippen LogP contribution in [0, 0.1) is 23.7 Å². The Bertz CT molecular complexity index is 1600. The van der Waals surface area contributed by atoms with Gasteiger partial charge in [-0.1, -0.05) is 229 Å². The highest BCUT2D eigenvalue weighted by Gasteiger charge is 2.30. The van der Waals surface area contributed by atoms with Crippen LogP contribution in [0.4, 0.5) is 0 Å². The largest absolute Gasteiger partial charge is 0.472 e. The fourth-order valence-corrected chi connectivity index (χ4v) is 10.3. The summed E-state index contributed by atoms with van der Waals surface area (Å²) in [5, 5.41) is 10.5. The molecule has 0 bridgehead atoms. The first-order valence-electron chi connectivity index (χ1n) is 31.2. The number of unbranched alkanes of at least 4 members (excludes halogenated alkanes) is 22. The van der Waals surface area contributed by atoms with Crippen LogP contribution in [0.25, 0.3) is 0 Å². The van der Waals surface area contributed by atoms with Crippen molar-refractivity contribution in [1.82, 2.24) is 0 Å². The Morgan fingerprint density at radius 1 is 0.354 bits per heavy atom. The summed E-state index contributed by atoms with van der Waals surface area (Å²) in [7, 11) is -9.88. The van der Waals surface area contributed by atoms with Crippen LogP contribution in [0.1, 0.15) is 280 Å². The molecule has 0 radical (unpaired) electrons. The number of rotatable bonds is 57. The molecule has 468 valence electrons. The number of carbonyl (C=O) groups is 4. The lowest BCUT2D eigenvalue weighted by atomic mass is 10.00. The molecule has 0 aliphatic heterocycles. The molecule has 0 aromatic carbocycles. The summed E-state index contributed by atoms with van der Waals surface area (Å²) in [6.07, 6.45) is 28.4. The van der Waals surface area contributed by atoms with Gasteiger partial charge in [0.1, 0.15) is 19.3 Å². The number of phosphoric acid groups is 2. The number of ether oxygens (including phenoxy) is 4. The summed E-state index contributed by atoms with van der Waals surface area (Å²) in [5.74, 6) is 0.646. The van der Waals surface area contributed by atoms with Crippen molar-refractivity contribution in [3.63, 3.8) is 0 Å². The Kier molecular flexibility index (Phi) is 49.3. The molecule has 0 aliphatic carbocycles. The van der Waals surface area contributed by atoms with Crippen LogP contribution in [-0.4, -0.2) is 96.7 Å². The SMILES string of the molecule is CCC(C)CCCCCCCCC(=O)OC[C@H](COP(=O)(O)OC[C@@H](O)COP(=O)(O)OC[C@@H](COC(=O)CCCCCCCCC(C)C)OC(=O)CCCCCCCCCCC(C)C)OC(=O)CCCCCCCCC(C)C. The molecule has 0 saturated carbocycles. The minimum atomic E-state index is -4.94. The third kappa shape index (κ3) is 53.8. The monoisotopic (exact) mass is 1170 g/mol. The van der Waals surface area contributed by atoms with Gasteiger partial charge in [0.25, 0.3) is 0 Å². The molecule has 79 heavy (non-hydrogen) atoms. The van der Waals surface area contributed by atoms with Crippen LogP contribution < -0.4 is 0 Å². The maximum atomic E-state index is 12.9. The topological polar surface area (TPSA) is 237 Å². The molecular weight excluding hydrogens is 1050 g/mol. The van der Waals surface area contributed by atoms with Gasteiger partial charge in [-0.05, 0) is 49.4 Å². The average molecular weight is 1170 g/mol. The van der Waals surface area contributed by atoms with Crippen molar-refractivity contribution in [2.75, 3.05) is 39.6 Å². The van der Waals surface area contributed by atoms with Gasteiger partial charge >= 0.3 is 39.5 Å². The summed E-state index contributed by atoms with van der Waals surface area (Å²) in [4.78, 5) is 71.9. The van der Waals surface area contributed by atoms with E-state index in [0.29, 0.717) is 37.5 Å². The van der Waals surface area contributed by atoms with E-state index in [2.05, 4.69) is 55.4 Å². The Morgan fingerprint density at radius 3 is 0.899 bits per heavy atom. The second kappa shape index (κ2) is 50.6. The fraction of sp³-hybridized carbons (Fsp3) is 0.933. The highest BCUT2D eigenvalue weighted by molar-refractivity contribution is 7.47. The molecule has 3 N–H and O–H groups in total. The van der Waals surface area contributed by atoms with Crippen molar-refractivity contribution in [1.29, 1.82) is 0 Å². The van der Waals surface area contributed by atoms with E-state index >= 15 is 0 Å². The van der Waals surface area contributed by atoms with E-state index in [1.807, 2.05) is 0 Å². The Labute approximate surface area is 479 Å². The zero-order valence-electron chi connectivity index (χ0n) is 51.0. The average Bonchev–Trinajstić information content (AvgIpc) is 3.39. The molecule has 0 saturated heterocycles. The molecule has 0 spiro atoms. The van der Waals surface area contributed by atoms with Crippen LogP contribution in [0.15, 0.2) is 0 Å². The summed E-state index contributed by atoms with van der Waals surface area (Å²) >= 11 is 0. The first-order valence-corrected chi connectivity index (χ1v) is 34.2. The van der Waals surface area contributed by atoms with Gasteiger partial charge in [-0.3, -0.25) is 37.3 Å². The van der Waals surface area contributed by atoms with Gasteiger partial charge in [0.2, 0.25) is 0 Å². The van der Waals surface area contributed by atoms with Gasteiger partial charge in [0.05, 0.1) is 26.4 Å². The summed E-state index contributed by atoms with van der Waals surface area (Å²) in [6.45, 7) is 13.8. The van der Waals surface area contributed by atoms with E-state index in [1.54, 1.807) is 0 Å². The standard InChI is InChI=1S/C60H116O17P2/c1-9-53(8)39-31-23-16-19-25-33-41-58(63)71-47-56(77-60(65)43-35-27-18-15-22-30-38-52(6)7)49-75-79(68,69)73-45-54(61)44-72-78(66,67)74-48-55(46-70-57(62)40-32-24-17-14-21-29-37-51(4)5)76-59(64)42-34-26-13-11-10-12-20-28-36-50(2)3/h50-56,61H,9-49H2,1-8H3,(H,66,67)(H,68,69)/t53?,54-,55+,56+/m0/s1. The Balaban J connectivity index is 5.25. The number of aliphatic hydroxyl groups excluding tert-OH is 1.